The molecule has 1 N–H and O–H groups in total. The van der Waals surface area contributed by atoms with Gasteiger partial charge in [-0.05, 0) is 19.8 Å². The fourth-order valence-electron chi connectivity index (χ4n) is 5.08. The number of aromatic nitrogens is 6. The topological polar surface area (TPSA) is 93.8 Å². The summed E-state index contributed by atoms with van der Waals surface area (Å²) in [4.78, 5) is 32.2. The highest BCUT2D eigenvalue weighted by Crippen LogP contribution is 2.59. The van der Waals surface area contributed by atoms with Crippen molar-refractivity contribution in [3.63, 3.8) is 0 Å². The molecule has 2 fully saturated rings. The van der Waals surface area contributed by atoms with Gasteiger partial charge in [0.1, 0.15) is 5.69 Å². The molecule has 1 amide bonds. The minimum atomic E-state index is -2.52. The second-order valence-corrected chi connectivity index (χ2v) is 9.26. The molecule has 0 radical (unpaired) electrons. The number of fused-ring (bicyclic) bond motifs is 2. The number of alkyl halides is 2. The van der Waals surface area contributed by atoms with E-state index in [4.69, 9.17) is 0 Å². The first-order chi connectivity index (χ1) is 15.8. The van der Waals surface area contributed by atoms with E-state index < -0.39 is 17.8 Å². The molecule has 1 saturated heterocycles. The van der Waals surface area contributed by atoms with Gasteiger partial charge in [0.15, 0.2) is 0 Å². The summed E-state index contributed by atoms with van der Waals surface area (Å²) in [7, 11) is 1.96. The number of carbonyl (C=O) groups excluding carboxylic acids is 1. The Hall–Kier alpha value is -3.37. The molecule has 33 heavy (non-hydrogen) atoms. The lowest BCUT2D eigenvalue weighted by Crippen LogP contribution is -2.29. The monoisotopic (exact) mass is 454 g/mol. The molecule has 0 spiro atoms. The van der Waals surface area contributed by atoms with Gasteiger partial charge in [-0.3, -0.25) is 4.79 Å². The van der Waals surface area contributed by atoms with Gasteiger partial charge in [0.25, 0.3) is 11.8 Å². The number of amides is 1. The minimum absolute atomic E-state index is 0.0985. The summed E-state index contributed by atoms with van der Waals surface area (Å²) in [5.41, 5.74) is 4.08. The quantitative estimate of drug-likeness (QED) is 0.633. The Morgan fingerprint density at radius 2 is 2.00 bits per heavy atom. The molecule has 172 valence electrons. The zero-order valence-corrected chi connectivity index (χ0v) is 18.4. The molecule has 4 heterocycles. The highest BCUT2D eigenvalue weighted by atomic mass is 19.3. The van der Waals surface area contributed by atoms with E-state index in [1.54, 1.807) is 25.0 Å². The fourth-order valence-corrected chi connectivity index (χ4v) is 5.08. The van der Waals surface area contributed by atoms with Crippen LogP contribution < -0.4 is 10.2 Å². The number of hydrogen-bond acceptors (Lipinski definition) is 6. The largest absolute Gasteiger partial charge is 0.342 e. The van der Waals surface area contributed by atoms with Gasteiger partial charge in [-0.25, -0.2) is 28.7 Å². The molecular formula is C22H24F2N8O. The molecule has 6 rings (SSSR count). The maximum atomic E-state index is 13.4. The van der Waals surface area contributed by atoms with Crippen molar-refractivity contribution >= 4 is 11.9 Å². The maximum absolute atomic E-state index is 13.4. The van der Waals surface area contributed by atoms with Crippen molar-refractivity contribution in [2.24, 2.45) is 18.9 Å². The molecule has 3 aliphatic rings. The van der Waals surface area contributed by atoms with E-state index in [9.17, 15) is 13.6 Å². The lowest BCUT2D eigenvalue weighted by atomic mass is 10.2. The van der Waals surface area contributed by atoms with Crippen LogP contribution in [0, 0.1) is 18.8 Å². The summed E-state index contributed by atoms with van der Waals surface area (Å²) in [6.07, 6.45) is 8.53. The average molecular weight is 454 g/mol. The summed E-state index contributed by atoms with van der Waals surface area (Å²) >= 11 is 0. The van der Waals surface area contributed by atoms with Gasteiger partial charge in [-0.2, -0.15) is 0 Å². The number of imidazole rings is 2. The number of aryl methyl sites for hydroxylation is 2. The number of halogens is 2. The predicted molar refractivity (Wildman–Crippen MR) is 114 cm³/mol. The summed E-state index contributed by atoms with van der Waals surface area (Å²) in [5.74, 6) is -3.38. The van der Waals surface area contributed by atoms with Crippen LogP contribution in [0.25, 0.3) is 0 Å². The van der Waals surface area contributed by atoms with Crippen molar-refractivity contribution in [3.8, 4) is 0 Å². The minimum Gasteiger partial charge on any atom is -0.342 e. The van der Waals surface area contributed by atoms with Crippen molar-refractivity contribution in [3.05, 3.63) is 53.4 Å². The van der Waals surface area contributed by atoms with Crippen LogP contribution in [0.5, 0.6) is 0 Å². The lowest BCUT2D eigenvalue weighted by Gasteiger charge is -2.20. The van der Waals surface area contributed by atoms with Crippen LogP contribution >= 0.6 is 0 Å². The van der Waals surface area contributed by atoms with E-state index >= 15 is 0 Å². The third-order valence-electron chi connectivity index (χ3n) is 7.17. The van der Waals surface area contributed by atoms with E-state index in [1.165, 1.54) is 0 Å². The third kappa shape index (κ3) is 3.28. The zero-order valence-electron chi connectivity index (χ0n) is 18.4. The zero-order chi connectivity index (χ0) is 22.9. The SMILES string of the molecule is Cc1nc(N2CC3C(C2)C3(F)F)ncc1Cn1cnc(C(=O)N[C@@H]2CCc3c2ncn3C)c1. The number of nitrogens with one attached hydrogen (secondary N) is 1. The molecule has 2 unspecified atom stereocenters. The first-order valence-corrected chi connectivity index (χ1v) is 11.1. The van der Waals surface area contributed by atoms with Crippen molar-refractivity contribution in [1.29, 1.82) is 0 Å². The Kier molecular flexibility index (Phi) is 4.33. The number of rotatable bonds is 5. The Labute approximate surface area is 188 Å². The maximum Gasteiger partial charge on any atom is 0.272 e. The van der Waals surface area contributed by atoms with E-state index in [0.29, 0.717) is 31.3 Å². The molecular weight excluding hydrogens is 430 g/mol. The van der Waals surface area contributed by atoms with Crippen LogP contribution in [-0.2, 0) is 20.0 Å². The number of carbonyl (C=O) groups is 1. The number of hydrogen-bond donors (Lipinski definition) is 1. The van der Waals surface area contributed by atoms with Crippen molar-refractivity contribution in [1.82, 2.24) is 34.4 Å². The van der Waals surface area contributed by atoms with E-state index in [0.717, 1.165) is 35.5 Å². The Morgan fingerprint density at radius 3 is 2.76 bits per heavy atom. The molecule has 0 bridgehead atoms. The van der Waals surface area contributed by atoms with E-state index in [-0.39, 0.29) is 11.9 Å². The van der Waals surface area contributed by atoms with E-state index in [2.05, 4.69) is 25.3 Å². The molecule has 11 heteroatoms. The van der Waals surface area contributed by atoms with Crippen molar-refractivity contribution in [2.75, 3.05) is 18.0 Å². The number of piperidine rings is 1. The van der Waals surface area contributed by atoms with Gasteiger partial charge in [0, 0.05) is 49.5 Å². The molecule has 9 nitrogen and oxygen atoms in total. The summed E-state index contributed by atoms with van der Waals surface area (Å²) in [5, 5.41) is 3.03. The van der Waals surface area contributed by atoms with Crippen LogP contribution in [0.15, 0.2) is 25.0 Å². The molecule has 3 atom stereocenters. The Balaban J connectivity index is 1.10. The first kappa shape index (κ1) is 20.3. The molecule has 2 aliphatic carbocycles. The van der Waals surface area contributed by atoms with Gasteiger partial charge in [-0.15, -0.1) is 0 Å². The van der Waals surface area contributed by atoms with Crippen molar-refractivity contribution in [2.45, 2.75) is 38.3 Å². The Morgan fingerprint density at radius 1 is 1.21 bits per heavy atom. The van der Waals surface area contributed by atoms with Crippen LogP contribution in [0.2, 0.25) is 0 Å². The average Bonchev–Trinajstić information content (AvgIpc) is 3.41. The van der Waals surface area contributed by atoms with E-state index in [1.807, 2.05) is 28.0 Å². The second-order valence-electron chi connectivity index (χ2n) is 9.26. The smallest absolute Gasteiger partial charge is 0.272 e. The van der Waals surface area contributed by atoms with Gasteiger partial charge < -0.3 is 19.4 Å². The molecule has 1 saturated carbocycles. The fraction of sp³-hybridized carbons (Fsp3) is 0.500. The highest BCUT2D eigenvalue weighted by Gasteiger charge is 2.72. The normalized spacial score (nSPS) is 24.6. The number of anilines is 1. The van der Waals surface area contributed by atoms with Crippen LogP contribution in [0.4, 0.5) is 14.7 Å². The van der Waals surface area contributed by atoms with Crippen LogP contribution in [0.3, 0.4) is 0 Å². The summed E-state index contributed by atoms with van der Waals surface area (Å²) in [6, 6.07) is -0.0985. The molecule has 3 aromatic heterocycles. The molecule has 0 aromatic carbocycles. The Bertz CT molecular complexity index is 1240. The summed E-state index contributed by atoms with van der Waals surface area (Å²) < 4.78 is 30.7. The van der Waals surface area contributed by atoms with Crippen LogP contribution in [0.1, 0.15) is 45.6 Å². The second kappa shape index (κ2) is 7.06. The van der Waals surface area contributed by atoms with Gasteiger partial charge in [0.05, 0.1) is 42.8 Å². The lowest BCUT2D eigenvalue weighted by molar-refractivity contribution is 0.0795. The van der Waals surface area contributed by atoms with Gasteiger partial charge in [0.2, 0.25) is 5.95 Å². The summed E-state index contributed by atoms with van der Waals surface area (Å²) in [6.45, 7) is 2.94. The van der Waals surface area contributed by atoms with Gasteiger partial charge >= 0.3 is 0 Å². The first-order valence-electron chi connectivity index (χ1n) is 11.1. The molecule has 1 aliphatic heterocycles. The third-order valence-corrected chi connectivity index (χ3v) is 7.17. The standard InChI is InChI=1S/C22H24F2N8O/c1-12-13(5-25-21(28-12)32-7-14-15(8-32)22(14,23)24)6-31-9-17(26-11-31)20(33)29-16-3-4-18-19(16)27-10-30(18)2/h5,9-11,14-16H,3-4,6-8H2,1-2H3,(H,29,33)/t14?,15?,16-/m1/s1. The van der Waals surface area contributed by atoms with Crippen molar-refractivity contribution < 1.29 is 13.6 Å². The highest BCUT2D eigenvalue weighted by molar-refractivity contribution is 5.92. The number of nitrogens with zero attached hydrogens (tertiary/aromatic N) is 7. The van der Waals surface area contributed by atoms with Crippen LogP contribution in [-0.4, -0.2) is 54.0 Å². The van der Waals surface area contributed by atoms with Gasteiger partial charge in [-0.1, -0.05) is 0 Å². The predicted octanol–water partition coefficient (Wildman–Crippen LogP) is 1.88. The molecule has 3 aromatic rings.